The fourth-order valence-corrected chi connectivity index (χ4v) is 2.55. The van der Waals surface area contributed by atoms with Crippen molar-refractivity contribution in [2.75, 3.05) is 6.54 Å². The molecule has 1 heterocycles. The van der Waals surface area contributed by atoms with E-state index in [1.807, 2.05) is 24.3 Å². The van der Waals surface area contributed by atoms with Crippen molar-refractivity contribution in [1.82, 2.24) is 0 Å². The van der Waals surface area contributed by atoms with Gasteiger partial charge in [-0.15, -0.1) is 0 Å². The lowest BCUT2D eigenvalue weighted by atomic mass is 10.0. The molecule has 0 amide bonds. The number of hydrogen-bond acceptors (Lipinski definition) is 3. The molecule has 3 rings (SSSR count). The fourth-order valence-electron chi connectivity index (χ4n) is 2.04. The lowest BCUT2D eigenvalue weighted by Crippen LogP contribution is -2.27. The van der Waals surface area contributed by atoms with Gasteiger partial charge >= 0.3 is 0 Å². The van der Waals surface area contributed by atoms with Crippen molar-refractivity contribution in [3.63, 3.8) is 0 Å². The molecule has 2 aromatic carbocycles. The van der Waals surface area contributed by atoms with Crippen LogP contribution >= 0.6 is 23.2 Å². The second kappa shape index (κ2) is 4.93. The van der Waals surface area contributed by atoms with E-state index < -0.39 is 6.29 Å². The standard InChI is InChI=1S/C14H11Cl2NO2/c15-8-4-5-9(11(16)6-8)10-2-1-3-12-14(10)19-13(7-17)18-12/h1-6,13H,7,17H2. The average Bonchev–Trinajstić information content (AvgIpc) is 2.82. The number of fused-ring (bicyclic) bond motifs is 1. The van der Waals surface area contributed by atoms with E-state index in [1.165, 1.54) is 0 Å². The van der Waals surface area contributed by atoms with Gasteiger partial charge in [-0.05, 0) is 18.2 Å². The zero-order valence-electron chi connectivity index (χ0n) is 9.90. The van der Waals surface area contributed by atoms with Crippen LogP contribution < -0.4 is 15.2 Å². The van der Waals surface area contributed by atoms with Crippen LogP contribution in [0.2, 0.25) is 10.0 Å². The molecule has 98 valence electrons. The molecule has 3 nitrogen and oxygen atoms in total. The summed E-state index contributed by atoms with van der Waals surface area (Å²) in [5.41, 5.74) is 7.28. The van der Waals surface area contributed by atoms with Gasteiger partial charge in [0, 0.05) is 16.1 Å². The Bertz CT molecular complexity index is 631. The van der Waals surface area contributed by atoms with Crippen LogP contribution in [0, 0.1) is 0 Å². The van der Waals surface area contributed by atoms with Crippen LogP contribution in [0.1, 0.15) is 0 Å². The molecule has 2 aromatic rings. The van der Waals surface area contributed by atoms with Crippen molar-refractivity contribution in [3.8, 4) is 22.6 Å². The first-order valence-electron chi connectivity index (χ1n) is 5.81. The Hall–Kier alpha value is -1.42. The van der Waals surface area contributed by atoms with Gasteiger partial charge in [0.25, 0.3) is 6.29 Å². The van der Waals surface area contributed by atoms with Gasteiger partial charge in [-0.3, -0.25) is 0 Å². The Kier molecular flexibility index (Phi) is 3.27. The van der Waals surface area contributed by atoms with E-state index >= 15 is 0 Å². The topological polar surface area (TPSA) is 44.5 Å². The highest BCUT2D eigenvalue weighted by Crippen LogP contribution is 2.44. The fraction of sp³-hybridized carbons (Fsp3) is 0.143. The Labute approximate surface area is 120 Å². The molecule has 1 aliphatic rings. The van der Waals surface area contributed by atoms with Crippen molar-refractivity contribution in [1.29, 1.82) is 0 Å². The van der Waals surface area contributed by atoms with E-state index in [9.17, 15) is 0 Å². The summed E-state index contributed by atoms with van der Waals surface area (Å²) in [7, 11) is 0. The quantitative estimate of drug-likeness (QED) is 0.918. The Morgan fingerprint density at radius 2 is 1.89 bits per heavy atom. The minimum atomic E-state index is -0.442. The molecule has 0 radical (unpaired) electrons. The Morgan fingerprint density at radius 1 is 1.05 bits per heavy atom. The summed E-state index contributed by atoms with van der Waals surface area (Å²) < 4.78 is 11.3. The molecule has 0 bridgehead atoms. The molecule has 19 heavy (non-hydrogen) atoms. The molecule has 1 aliphatic heterocycles. The van der Waals surface area contributed by atoms with E-state index in [4.69, 9.17) is 38.4 Å². The van der Waals surface area contributed by atoms with E-state index in [0.717, 1.165) is 11.1 Å². The van der Waals surface area contributed by atoms with Crippen molar-refractivity contribution in [2.45, 2.75) is 6.29 Å². The van der Waals surface area contributed by atoms with Gasteiger partial charge in [0.1, 0.15) is 0 Å². The smallest absolute Gasteiger partial charge is 0.253 e. The number of ether oxygens (including phenoxy) is 2. The van der Waals surface area contributed by atoms with Crippen LogP contribution in [-0.2, 0) is 0 Å². The third-order valence-corrected chi connectivity index (χ3v) is 3.45. The van der Waals surface area contributed by atoms with Crippen molar-refractivity contribution >= 4 is 23.2 Å². The highest BCUT2D eigenvalue weighted by Gasteiger charge is 2.26. The molecular weight excluding hydrogens is 285 g/mol. The molecule has 0 aliphatic carbocycles. The van der Waals surface area contributed by atoms with Crippen molar-refractivity contribution in [3.05, 3.63) is 46.4 Å². The molecule has 1 unspecified atom stereocenters. The molecule has 0 saturated carbocycles. The molecule has 2 N–H and O–H groups in total. The summed E-state index contributed by atoms with van der Waals surface area (Å²) in [6.07, 6.45) is -0.442. The first-order valence-corrected chi connectivity index (χ1v) is 6.56. The summed E-state index contributed by atoms with van der Waals surface area (Å²) in [5.74, 6) is 1.35. The van der Waals surface area contributed by atoms with Crippen LogP contribution in [0.3, 0.4) is 0 Å². The van der Waals surface area contributed by atoms with Gasteiger partial charge < -0.3 is 15.2 Å². The third kappa shape index (κ3) is 2.25. The van der Waals surface area contributed by atoms with Gasteiger partial charge in [0.05, 0.1) is 11.6 Å². The molecular formula is C14H11Cl2NO2. The number of hydrogen-bond donors (Lipinski definition) is 1. The van der Waals surface area contributed by atoms with E-state index in [1.54, 1.807) is 12.1 Å². The monoisotopic (exact) mass is 295 g/mol. The van der Waals surface area contributed by atoms with Crippen LogP contribution in [0.15, 0.2) is 36.4 Å². The number of rotatable bonds is 2. The SMILES string of the molecule is NCC1Oc2cccc(-c3ccc(Cl)cc3Cl)c2O1. The summed E-state index contributed by atoms with van der Waals surface area (Å²) in [6.45, 7) is 0.294. The number of benzene rings is 2. The summed E-state index contributed by atoms with van der Waals surface area (Å²) in [6, 6.07) is 11.0. The predicted octanol–water partition coefficient (Wildman–Crippen LogP) is 3.72. The lowest BCUT2D eigenvalue weighted by Gasteiger charge is -2.09. The van der Waals surface area contributed by atoms with Crippen molar-refractivity contribution in [2.24, 2.45) is 5.73 Å². The molecule has 0 saturated heterocycles. The van der Waals surface area contributed by atoms with Crippen LogP contribution in [0.5, 0.6) is 11.5 Å². The number of para-hydroxylation sites is 1. The van der Waals surface area contributed by atoms with Crippen LogP contribution in [0.25, 0.3) is 11.1 Å². The normalized spacial score (nSPS) is 16.7. The molecule has 0 aromatic heterocycles. The first-order chi connectivity index (χ1) is 9.19. The summed E-state index contributed by atoms with van der Waals surface area (Å²) >= 11 is 12.1. The number of halogens is 2. The minimum Gasteiger partial charge on any atom is -0.450 e. The molecule has 5 heteroatoms. The predicted molar refractivity (Wildman–Crippen MR) is 76.0 cm³/mol. The van der Waals surface area contributed by atoms with Gasteiger partial charge in [-0.1, -0.05) is 41.4 Å². The Morgan fingerprint density at radius 3 is 2.63 bits per heavy atom. The van der Waals surface area contributed by atoms with E-state index in [2.05, 4.69) is 0 Å². The maximum atomic E-state index is 6.23. The third-order valence-electron chi connectivity index (χ3n) is 2.90. The second-order valence-corrected chi connectivity index (χ2v) is 5.00. The highest BCUT2D eigenvalue weighted by atomic mass is 35.5. The molecule has 0 fully saturated rings. The molecule has 0 spiro atoms. The summed E-state index contributed by atoms with van der Waals surface area (Å²) in [4.78, 5) is 0. The Balaban J connectivity index is 2.10. The maximum Gasteiger partial charge on any atom is 0.253 e. The summed E-state index contributed by atoms with van der Waals surface area (Å²) in [5, 5.41) is 1.17. The van der Waals surface area contributed by atoms with Gasteiger partial charge in [-0.2, -0.15) is 0 Å². The largest absolute Gasteiger partial charge is 0.450 e. The van der Waals surface area contributed by atoms with Gasteiger partial charge in [-0.25, -0.2) is 0 Å². The highest BCUT2D eigenvalue weighted by molar-refractivity contribution is 6.36. The average molecular weight is 296 g/mol. The second-order valence-electron chi connectivity index (χ2n) is 4.16. The number of nitrogens with two attached hydrogens (primary N) is 1. The lowest BCUT2D eigenvalue weighted by molar-refractivity contribution is 0.0583. The maximum absolute atomic E-state index is 6.23. The zero-order chi connectivity index (χ0) is 13.4. The van der Waals surface area contributed by atoms with Gasteiger partial charge in [0.2, 0.25) is 0 Å². The van der Waals surface area contributed by atoms with Gasteiger partial charge in [0.15, 0.2) is 11.5 Å². The zero-order valence-corrected chi connectivity index (χ0v) is 11.4. The first kappa shape index (κ1) is 12.6. The van der Waals surface area contributed by atoms with E-state index in [-0.39, 0.29) is 0 Å². The van der Waals surface area contributed by atoms with E-state index in [0.29, 0.717) is 28.1 Å². The molecule has 1 atom stereocenters. The van der Waals surface area contributed by atoms with Crippen LogP contribution in [-0.4, -0.2) is 12.8 Å². The van der Waals surface area contributed by atoms with Crippen LogP contribution in [0.4, 0.5) is 0 Å². The van der Waals surface area contributed by atoms with Crippen molar-refractivity contribution < 1.29 is 9.47 Å². The minimum absolute atomic E-state index is 0.294.